The van der Waals surface area contributed by atoms with Gasteiger partial charge in [0.25, 0.3) is 0 Å². The van der Waals surface area contributed by atoms with Crippen molar-refractivity contribution in [3.05, 3.63) is 11.6 Å². The van der Waals surface area contributed by atoms with Crippen LogP contribution in [0, 0.1) is 0 Å². The number of hydrogen-bond donors (Lipinski definition) is 0. The van der Waals surface area contributed by atoms with Gasteiger partial charge >= 0.3 is 11.9 Å². The second kappa shape index (κ2) is 4.87. The second-order valence-corrected chi connectivity index (χ2v) is 4.95. The number of nitrogens with zero attached hydrogens (tertiary/aromatic N) is 1. The van der Waals surface area contributed by atoms with E-state index in [9.17, 15) is 9.59 Å². The zero-order valence-electron chi connectivity index (χ0n) is 10.9. The normalized spacial score (nSPS) is 22.6. The number of esters is 2. The highest BCUT2D eigenvalue weighted by molar-refractivity contribution is 6.14. The topological polar surface area (TPSA) is 55.6 Å². The van der Waals surface area contributed by atoms with Crippen LogP contribution >= 0.6 is 0 Å². The third kappa shape index (κ3) is 3.30. The molecule has 1 heterocycles. The molecule has 0 bridgehead atoms. The van der Waals surface area contributed by atoms with Crippen molar-refractivity contribution >= 4 is 11.9 Å². The van der Waals surface area contributed by atoms with Crippen molar-refractivity contribution in [2.75, 3.05) is 20.8 Å². The quantitative estimate of drug-likeness (QED) is 0.240. The standard InChI is InChI=1S/C12H19NO4/c1-12(2,3)13-7-8(13)6-9(10(14)16-4)11(15)17-5/h6,8H,7H2,1-5H3. The Bertz CT molecular complexity index is 336. The summed E-state index contributed by atoms with van der Waals surface area (Å²) in [6.45, 7) is 7.07. The van der Waals surface area contributed by atoms with Crippen molar-refractivity contribution in [3.63, 3.8) is 0 Å². The number of methoxy groups -OCH3 is 2. The molecule has 17 heavy (non-hydrogen) atoms. The van der Waals surface area contributed by atoms with Crippen molar-refractivity contribution in [1.82, 2.24) is 4.90 Å². The molecule has 2 unspecified atom stereocenters. The van der Waals surface area contributed by atoms with Crippen molar-refractivity contribution in [3.8, 4) is 0 Å². The molecule has 0 amide bonds. The average molecular weight is 241 g/mol. The summed E-state index contributed by atoms with van der Waals surface area (Å²) in [5.74, 6) is -1.31. The summed E-state index contributed by atoms with van der Waals surface area (Å²) in [7, 11) is 2.49. The van der Waals surface area contributed by atoms with Crippen molar-refractivity contribution < 1.29 is 19.1 Å². The highest BCUT2D eigenvalue weighted by Crippen LogP contribution is 2.30. The molecule has 0 aliphatic carbocycles. The summed E-state index contributed by atoms with van der Waals surface area (Å²) in [6, 6.07) is 0.100. The molecule has 5 heteroatoms. The van der Waals surface area contributed by atoms with E-state index in [0.29, 0.717) is 0 Å². The predicted molar refractivity (Wildman–Crippen MR) is 62.4 cm³/mol. The summed E-state index contributed by atoms with van der Waals surface area (Å²) in [5, 5.41) is 0. The highest BCUT2D eigenvalue weighted by Gasteiger charge is 2.41. The Morgan fingerprint density at radius 1 is 1.18 bits per heavy atom. The molecule has 1 saturated heterocycles. The van der Waals surface area contributed by atoms with Gasteiger partial charge in [0.1, 0.15) is 5.57 Å². The van der Waals surface area contributed by atoms with E-state index in [4.69, 9.17) is 0 Å². The Kier molecular flexibility index (Phi) is 3.93. The molecular formula is C12H19NO4. The molecule has 0 saturated carbocycles. The third-order valence-corrected chi connectivity index (χ3v) is 2.68. The number of hydrogen-bond acceptors (Lipinski definition) is 5. The molecule has 1 aliphatic rings. The molecule has 1 aliphatic heterocycles. The number of carbonyl (C=O) groups excluding carboxylic acids is 2. The number of carbonyl (C=O) groups is 2. The number of ether oxygens (including phenoxy) is 2. The first-order valence-electron chi connectivity index (χ1n) is 5.46. The molecular weight excluding hydrogens is 222 g/mol. The predicted octanol–water partition coefficient (Wildman–Crippen LogP) is 0.741. The van der Waals surface area contributed by atoms with Crippen LogP contribution in [0.25, 0.3) is 0 Å². The summed E-state index contributed by atoms with van der Waals surface area (Å²) < 4.78 is 9.12. The van der Waals surface area contributed by atoms with Crippen LogP contribution < -0.4 is 0 Å². The van der Waals surface area contributed by atoms with Crippen LogP contribution in [0.15, 0.2) is 11.6 Å². The van der Waals surface area contributed by atoms with Crippen LogP contribution in [-0.2, 0) is 19.1 Å². The maximum atomic E-state index is 11.4. The van der Waals surface area contributed by atoms with Crippen molar-refractivity contribution in [2.45, 2.75) is 32.4 Å². The lowest BCUT2D eigenvalue weighted by molar-refractivity contribution is -0.144. The molecule has 0 spiro atoms. The van der Waals surface area contributed by atoms with E-state index in [2.05, 4.69) is 35.1 Å². The third-order valence-electron chi connectivity index (χ3n) is 2.68. The summed E-state index contributed by atoms with van der Waals surface area (Å²) in [6.07, 6.45) is 1.61. The van der Waals surface area contributed by atoms with E-state index in [0.717, 1.165) is 6.54 Å². The lowest BCUT2D eigenvalue weighted by Gasteiger charge is -2.20. The molecule has 1 fully saturated rings. The van der Waals surface area contributed by atoms with Crippen molar-refractivity contribution in [2.24, 2.45) is 0 Å². The molecule has 0 radical (unpaired) electrons. The van der Waals surface area contributed by atoms with Gasteiger partial charge in [0, 0.05) is 18.1 Å². The van der Waals surface area contributed by atoms with Crippen molar-refractivity contribution in [1.29, 1.82) is 0 Å². The van der Waals surface area contributed by atoms with Gasteiger partial charge in [-0.2, -0.15) is 0 Å². The maximum absolute atomic E-state index is 11.4. The molecule has 5 nitrogen and oxygen atoms in total. The first-order chi connectivity index (χ1) is 7.81. The van der Waals surface area contributed by atoms with E-state index in [1.807, 2.05) is 0 Å². The minimum absolute atomic E-state index is 0.0263. The monoisotopic (exact) mass is 241 g/mol. The average Bonchev–Trinajstić information content (AvgIpc) is 3.02. The van der Waals surface area contributed by atoms with Gasteiger partial charge < -0.3 is 9.47 Å². The van der Waals surface area contributed by atoms with E-state index in [1.54, 1.807) is 6.08 Å². The smallest absolute Gasteiger partial charge is 0.345 e. The van der Waals surface area contributed by atoms with Crippen LogP contribution in [0.4, 0.5) is 0 Å². The highest BCUT2D eigenvalue weighted by atomic mass is 16.5. The first kappa shape index (κ1) is 13.7. The van der Waals surface area contributed by atoms with Gasteiger partial charge in [-0.05, 0) is 26.8 Å². The molecule has 96 valence electrons. The fraction of sp³-hybridized carbons (Fsp3) is 0.667. The first-order valence-corrected chi connectivity index (χ1v) is 5.46. The van der Waals surface area contributed by atoms with E-state index < -0.39 is 11.9 Å². The fourth-order valence-corrected chi connectivity index (χ4v) is 1.70. The lowest BCUT2D eigenvalue weighted by Crippen LogP contribution is -2.27. The Labute approximate surface area is 101 Å². The SMILES string of the molecule is COC(=O)C(=CC1CN1C(C)(C)C)C(=O)OC. The summed E-state index contributed by atoms with van der Waals surface area (Å²) in [5.41, 5.74) is -0.00911. The fourth-order valence-electron chi connectivity index (χ4n) is 1.70. The Morgan fingerprint density at radius 3 is 1.94 bits per heavy atom. The van der Waals surface area contributed by atoms with Crippen LogP contribution in [0.3, 0.4) is 0 Å². The molecule has 0 N–H and O–H groups in total. The lowest BCUT2D eigenvalue weighted by atomic mass is 10.1. The summed E-state index contributed by atoms with van der Waals surface area (Å²) in [4.78, 5) is 25.0. The Hall–Kier alpha value is -1.36. The van der Waals surface area contributed by atoms with Gasteiger partial charge in [-0.1, -0.05) is 0 Å². The molecule has 0 aromatic carbocycles. The molecule has 0 aromatic heterocycles. The van der Waals surface area contributed by atoms with E-state index in [-0.39, 0.29) is 17.2 Å². The van der Waals surface area contributed by atoms with Gasteiger partial charge in [0.2, 0.25) is 0 Å². The second-order valence-electron chi connectivity index (χ2n) is 4.95. The van der Waals surface area contributed by atoms with Crippen LogP contribution in [0.5, 0.6) is 0 Å². The van der Waals surface area contributed by atoms with Gasteiger partial charge in [-0.25, -0.2) is 9.59 Å². The summed E-state index contributed by atoms with van der Waals surface area (Å²) >= 11 is 0. The zero-order chi connectivity index (χ0) is 13.2. The molecule has 2 atom stereocenters. The zero-order valence-corrected chi connectivity index (χ0v) is 10.9. The minimum Gasteiger partial charge on any atom is -0.465 e. The van der Waals surface area contributed by atoms with Crippen LogP contribution in [-0.4, -0.2) is 49.2 Å². The molecule has 1 rings (SSSR count). The van der Waals surface area contributed by atoms with Crippen LogP contribution in [0.1, 0.15) is 20.8 Å². The van der Waals surface area contributed by atoms with Gasteiger partial charge in [-0.15, -0.1) is 0 Å². The van der Waals surface area contributed by atoms with E-state index >= 15 is 0 Å². The maximum Gasteiger partial charge on any atom is 0.345 e. The van der Waals surface area contributed by atoms with Gasteiger partial charge in [0.15, 0.2) is 0 Å². The Balaban J connectivity index is 2.80. The van der Waals surface area contributed by atoms with E-state index in [1.165, 1.54) is 14.2 Å². The largest absolute Gasteiger partial charge is 0.465 e. The van der Waals surface area contributed by atoms with Crippen LogP contribution in [0.2, 0.25) is 0 Å². The Morgan fingerprint density at radius 2 is 1.65 bits per heavy atom. The number of rotatable bonds is 3. The minimum atomic E-state index is -0.655. The van der Waals surface area contributed by atoms with Gasteiger partial charge in [-0.3, -0.25) is 4.90 Å². The molecule has 0 aromatic rings. The van der Waals surface area contributed by atoms with Gasteiger partial charge in [0.05, 0.1) is 14.2 Å².